The van der Waals surface area contributed by atoms with Gasteiger partial charge in [0.1, 0.15) is 17.0 Å². The van der Waals surface area contributed by atoms with E-state index in [2.05, 4.69) is 20.9 Å². The molecular formula is C11H16N4S. The van der Waals surface area contributed by atoms with Gasteiger partial charge in [0.15, 0.2) is 0 Å². The Kier molecular flexibility index (Phi) is 3.36. The molecule has 0 aromatic carbocycles. The zero-order valence-electron chi connectivity index (χ0n) is 9.55. The SMILES string of the molecule is CC(N)CCN(C)c1ncnc2sccc12. The summed E-state index contributed by atoms with van der Waals surface area (Å²) < 4.78 is 0. The van der Waals surface area contributed by atoms with Gasteiger partial charge in [-0.3, -0.25) is 0 Å². The largest absolute Gasteiger partial charge is 0.359 e. The van der Waals surface area contributed by atoms with Crippen LogP contribution in [-0.4, -0.2) is 29.6 Å². The molecule has 0 saturated heterocycles. The average molecular weight is 236 g/mol. The first kappa shape index (κ1) is 11.3. The molecule has 0 aliphatic heterocycles. The highest BCUT2D eigenvalue weighted by Gasteiger charge is 2.09. The summed E-state index contributed by atoms with van der Waals surface area (Å²) in [5.74, 6) is 0.993. The Bertz CT molecular complexity index is 466. The van der Waals surface area contributed by atoms with E-state index in [1.165, 1.54) is 0 Å². The topological polar surface area (TPSA) is 55.0 Å². The van der Waals surface area contributed by atoms with Crippen LogP contribution in [0.3, 0.4) is 0 Å². The lowest BCUT2D eigenvalue weighted by atomic mass is 10.2. The maximum Gasteiger partial charge on any atom is 0.140 e. The van der Waals surface area contributed by atoms with Crippen LogP contribution in [0.5, 0.6) is 0 Å². The Morgan fingerprint density at radius 3 is 3.06 bits per heavy atom. The van der Waals surface area contributed by atoms with Crippen molar-refractivity contribution in [3.63, 3.8) is 0 Å². The second kappa shape index (κ2) is 4.76. The Morgan fingerprint density at radius 1 is 1.50 bits per heavy atom. The molecule has 0 saturated carbocycles. The van der Waals surface area contributed by atoms with Crippen LogP contribution in [-0.2, 0) is 0 Å². The molecule has 1 unspecified atom stereocenters. The molecule has 5 heteroatoms. The standard InChI is InChI=1S/C11H16N4S/c1-8(12)3-5-15(2)10-9-4-6-16-11(9)14-7-13-10/h4,6-8H,3,5,12H2,1-2H3. The molecule has 0 radical (unpaired) electrons. The van der Waals surface area contributed by atoms with Gasteiger partial charge in [0.05, 0.1) is 5.39 Å². The Hall–Kier alpha value is -1.20. The van der Waals surface area contributed by atoms with Gasteiger partial charge in [0.25, 0.3) is 0 Å². The van der Waals surface area contributed by atoms with Gasteiger partial charge in [-0.15, -0.1) is 11.3 Å². The summed E-state index contributed by atoms with van der Waals surface area (Å²) in [6, 6.07) is 2.29. The van der Waals surface area contributed by atoms with Crippen molar-refractivity contribution in [2.45, 2.75) is 19.4 Å². The molecule has 2 rings (SSSR count). The minimum Gasteiger partial charge on any atom is -0.359 e. The third kappa shape index (κ3) is 2.31. The molecule has 86 valence electrons. The second-order valence-electron chi connectivity index (χ2n) is 4.02. The predicted molar refractivity (Wildman–Crippen MR) is 69.0 cm³/mol. The predicted octanol–water partition coefficient (Wildman–Crippen LogP) is 1.86. The van der Waals surface area contributed by atoms with E-state index in [-0.39, 0.29) is 6.04 Å². The number of nitrogens with zero attached hydrogens (tertiary/aromatic N) is 3. The zero-order chi connectivity index (χ0) is 11.5. The molecule has 0 aliphatic carbocycles. The number of rotatable bonds is 4. The summed E-state index contributed by atoms with van der Waals surface area (Å²) in [4.78, 5) is 11.8. The smallest absolute Gasteiger partial charge is 0.140 e. The molecule has 0 amide bonds. The first-order valence-electron chi connectivity index (χ1n) is 5.33. The van der Waals surface area contributed by atoms with Crippen LogP contribution in [0.15, 0.2) is 17.8 Å². The first-order valence-corrected chi connectivity index (χ1v) is 6.21. The molecule has 16 heavy (non-hydrogen) atoms. The van der Waals surface area contributed by atoms with Crippen molar-refractivity contribution in [1.82, 2.24) is 9.97 Å². The van der Waals surface area contributed by atoms with Gasteiger partial charge in [0.2, 0.25) is 0 Å². The quantitative estimate of drug-likeness (QED) is 0.880. The highest BCUT2D eigenvalue weighted by atomic mass is 32.1. The third-order valence-corrected chi connectivity index (χ3v) is 3.34. The fourth-order valence-corrected chi connectivity index (χ4v) is 2.31. The van der Waals surface area contributed by atoms with Crippen LogP contribution in [0.25, 0.3) is 10.2 Å². The normalized spacial score (nSPS) is 12.9. The molecule has 0 aliphatic rings. The van der Waals surface area contributed by atoms with Crippen molar-refractivity contribution in [2.75, 3.05) is 18.5 Å². The van der Waals surface area contributed by atoms with Crippen molar-refractivity contribution in [3.8, 4) is 0 Å². The van der Waals surface area contributed by atoms with Crippen LogP contribution in [0.4, 0.5) is 5.82 Å². The lowest BCUT2D eigenvalue weighted by Crippen LogP contribution is -2.26. The number of fused-ring (bicyclic) bond motifs is 1. The van der Waals surface area contributed by atoms with Gasteiger partial charge in [-0.25, -0.2) is 9.97 Å². The number of aromatic nitrogens is 2. The molecule has 1 atom stereocenters. The van der Waals surface area contributed by atoms with E-state index in [9.17, 15) is 0 Å². The summed E-state index contributed by atoms with van der Waals surface area (Å²) in [6.07, 6.45) is 2.59. The summed E-state index contributed by atoms with van der Waals surface area (Å²) >= 11 is 1.64. The lowest BCUT2D eigenvalue weighted by molar-refractivity contribution is 0.657. The summed E-state index contributed by atoms with van der Waals surface area (Å²) in [5, 5.41) is 3.17. The number of thiophene rings is 1. The highest BCUT2D eigenvalue weighted by Crippen LogP contribution is 2.25. The molecule has 0 bridgehead atoms. The maximum absolute atomic E-state index is 5.75. The minimum absolute atomic E-state index is 0.224. The fraction of sp³-hybridized carbons (Fsp3) is 0.455. The van der Waals surface area contributed by atoms with Crippen LogP contribution in [0.2, 0.25) is 0 Å². The first-order chi connectivity index (χ1) is 7.68. The summed E-state index contributed by atoms with van der Waals surface area (Å²) in [5.41, 5.74) is 5.75. The lowest BCUT2D eigenvalue weighted by Gasteiger charge is -2.19. The molecular weight excluding hydrogens is 220 g/mol. The molecule has 2 heterocycles. The number of anilines is 1. The van der Waals surface area contributed by atoms with Gasteiger partial charge >= 0.3 is 0 Å². The minimum atomic E-state index is 0.224. The van der Waals surface area contributed by atoms with Gasteiger partial charge < -0.3 is 10.6 Å². The van der Waals surface area contributed by atoms with E-state index >= 15 is 0 Å². The zero-order valence-corrected chi connectivity index (χ0v) is 10.4. The maximum atomic E-state index is 5.75. The van der Waals surface area contributed by atoms with Crippen molar-refractivity contribution < 1.29 is 0 Å². The van der Waals surface area contributed by atoms with Crippen LogP contribution < -0.4 is 10.6 Å². The van der Waals surface area contributed by atoms with E-state index < -0.39 is 0 Å². The van der Waals surface area contributed by atoms with Gasteiger partial charge in [-0.2, -0.15) is 0 Å². The molecule has 4 nitrogen and oxygen atoms in total. The van der Waals surface area contributed by atoms with E-state index in [4.69, 9.17) is 5.73 Å². The Balaban J connectivity index is 2.22. The number of hydrogen-bond donors (Lipinski definition) is 1. The van der Waals surface area contributed by atoms with Gasteiger partial charge in [-0.1, -0.05) is 0 Å². The van der Waals surface area contributed by atoms with Crippen molar-refractivity contribution in [3.05, 3.63) is 17.8 Å². The van der Waals surface area contributed by atoms with Gasteiger partial charge in [0, 0.05) is 19.6 Å². The van der Waals surface area contributed by atoms with E-state index in [1.54, 1.807) is 17.7 Å². The van der Waals surface area contributed by atoms with E-state index in [1.807, 2.05) is 19.4 Å². The van der Waals surface area contributed by atoms with Crippen molar-refractivity contribution >= 4 is 27.4 Å². The average Bonchev–Trinajstić information content (AvgIpc) is 2.73. The van der Waals surface area contributed by atoms with Crippen molar-refractivity contribution in [2.24, 2.45) is 5.73 Å². The van der Waals surface area contributed by atoms with Crippen LogP contribution in [0.1, 0.15) is 13.3 Å². The molecule has 0 spiro atoms. The van der Waals surface area contributed by atoms with E-state index in [0.717, 1.165) is 29.0 Å². The summed E-state index contributed by atoms with van der Waals surface area (Å²) in [7, 11) is 2.04. The Morgan fingerprint density at radius 2 is 2.31 bits per heavy atom. The van der Waals surface area contributed by atoms with Crippen molar-refractivity contribution in [1.29, 1.82) is 0 Å². The fourth-order valence-electron chi connectivity index (χ4n) is 1.58. The van der Waals surface area contributed by atoms with Crippen LogP contribution >= 0.6 is 11.3 Å². The molecule has 2 N–H and O–H groups in total. The Labute approximate surface area is 99.1 Å². The molecule has 2 aromatic rings. The van der Waals surface area contributed by atoms with E-state index in [0.29, 0.717) is 0 Å². The molecule has 2 aromatic heterocycles. The van der Waals surface area contributed by atoms with Crippen LogP contribution in [0, 0.1) is 0 Å². The number of nitrogens with two attached hydrogens (primary N) is 1. The second-order valence-corrected chi connectivity index (χ2v) is 4.92. The third-order valence-electron chi connectivity index (χ3n) is 2.52. The highest BCUT2D eigenvalue weighted by molar-refractivity contribution is 7.16. The number of hydrogen-bond acceptors (Lipinski definition) is 5. The molecule has 0 fully saturated rings. The summed E-state index contributed by atoms with van der Waals surface area (Å²) in [6.45, 7) is 2.94. The monoisotopic (exact) mass is 236 g/mol. The van der Waals surface area contributed by atoms with Gasteiger partial charge in [-0.05, 0) is 24.8 Å².